The van der Waals surface area contributed by atoms with Gasteiger partial charge in [-0.2, -0.15) is 0 Å². The van der Waals surface area contributed by atoms with Gasteiger partial charge in [0.15, 0.2) is 0 Å². The fraction of sp³-hybridized carbons (Fsp3) is 0.846. The molecule has 1 rings (SSSR count). The summed E-state index contributed by atoms with van der Waals surface area (Å²) in [5.74, 6) is -0.176. The van der Waals surface area contributed by atoms with Gasteiger partial charge in [0.05, 0.1) is 6.54 Å². The molecular weight excluding hydrogens is 266 g/mol. The van der Waals surface area contributed by atoms with Crippen LogP contribution in [0.5, 0.6) is 0 Å². The van der Waals surface area contributed by atoms with E-state index in [9.17, 15) is 9.59 Å². The lowest BCUT2D eigenvalue weighted by Crippen LogP contribution is -2.48. The van der Waals surface area contributed by atoms with E-state index in [4.69, 9.17) is 0 Å². The van der Waals surface area contributed by atoms with Crippen molar-refractivity contribution in [1.82, 2.24) is 16.0 Å². The van der Waals surface area contributed by atoms with E-state index in [1.165, 1.54) is 0 Å². The number of nitrogens with one attached hydrogen (secondary N) is 3. The number of amides is 2. The predicted molar refractivity (Wildman–Crippen MR) is 78.4 cm³/mol. The topological polar surface area (TPSA) is 70.2 Å². The van der Waals surface area contributed by atoms with E-state index >= 15 is 0 Å². The van der Waals surface area contributed by atoms with Crippen molar-refractivity contribution in [2.45, 2.75) is 46.1 Å². The Morgan fingerprint density at radius 3 is 2.47 bits per heavy atom. The Balaban J connectivity index is 0.00000324. The Labute approximate surface area is 121 Å². The molecule has 0 saturated carbocycles. The highest BCUT2D eigenvalue weighted by Gasteiger charge is 2.18. The molecule has 112 valence electrons. The second kappa shape index (κ2) is 8.38. The van der Waals surface area contributed by atoms with Crippen LogP contribution < -0.4 is 16.0 Å². The molecule has 1 atom stereocenters. The molecule has 0 aromatic rings. The summed E-state index contributed by atoms with van der Waals surface area (Å²) in [6.07, 6.45) is 2.53. The zero-order valence-corrected chi connectivity index (χ0v) is 12.9. The van der Waals surface area contributed by atoms with Gasteiger partial charge in [-0.15, -0.1) is 12.4 Å². The molecule has 0 spiro atoms. The van der Waals surface area contributed by atoms with Crippen molar-refractivity contribution in [2.75, 3.05) is 19.6 Å². The van der Waals surface area contributed by atoms with Crippen molar-refractivity contribution in [3.63, 3.8) is 0 Å². The van der Waals surface area contributed by atoms with E-state index in [1.54, 1.807) is 0 Å². The number of rotatable bonds is 4. The van der Waals surface area contributed by atoms with E-state index in [1.807, 2.05) is 20.8 Å². The molecule has 1 saturated heterocycles. The van der Waals surface area contributed by atoms with Gasteiger partial charge < -0.3 is 16.0 Å². The normalized spacial score (nSPS) is 19.2. The molecule has 0 bridgehead atoms. The van der Waals surface area contributed by atoms with Crippen molar-refractivity contribution >= 4 is 24.2 Å². The van der Waals surface area contributed by atoms with Gasteiger partial charge >= 0.3 is 0 Å². The van der Waals surface area contributed by atoms with Crippen LogP contribution in [0.3, 0.4) is 0 Å². The lowest BCUT2D eigenvalue weighted by molar-refractivity contribution is -0.127. The zero-order chi connectivity index (χ0) is 13.6. The smallest absolute Gasteiger partial charge is 0.239 e. The van der Waals surface area contributed by atoms with Crippen LogP contribution in [0, 0.1) is 5.41 Å². The second-order valence-electron chi connectivity index (χ2n) is 6.12. The summed E-state index contributed by atoms with van der Waals surface area (Å²) in [4.78, 5) is 23.2. The third kappa shape index (κ3) is 8.83. The zero-order valence-electron chi connectivity index (χ0n) is 12.0. The average Bonchev–Trinajstić information content (AvgIpc) is 2.25. The largest absolute Gasteiger partial charge is 0.351 e. The molecule has 1 aliphatic rings. The van der Waals surface area contributed by atoms with Crippen molar-refractivity contribution in [3.05, 3.63) is 0 Å². The Bertz CT molecular complexity index is 297. The molecule has 0 aromatic heterocycles. The number of carbonyl (C=O) groups excluding carboxylic acids is 2. The van der Waals surface area contributed by atoms with Crippen molar-refractivity contribution in [2.24, 2.45) is 5.41 Å². The predicted octanol–water partition coefficient (Wildman–Crippen LogP) is 0.829. The van der Waals surface area contributed by atoms with Gasteiger partial charge in [-0.25, -0.2) is 0 Å². The van der Waals surface area contributed by atoms with Gasteiger partial charge in [-0.1, -0.05) is 20.8 Å². The molecule has 19 heavy (non-hydrogen) atoms. The van der Waals surface area contributed by atoms with E-state index < -0.39 is 0 Å². The Morgan fingerprint density at radius 1 is 1.26 bits per heavy atom. The van der Waals surface area contributed by atoms with Crippen LogP contribution in [-0.2, 0) is 9.59 Å². The monoisotopic (exact) mass is 291 g/mol. The van der Waals surface area contributed by atoms with Gasteiger partial charge in [0.2, 0.25) is 11.8 Å². The second-order valence-corrected chi connectivity index (χ2v) is 6.12. The maximum atomic E-state index is 11.6. The van der Waals surface area contributed by atoms with Crippen molar-refractivity contribution in [3.8, 4) is 0 Å². The number of hydrogen-bond acceptors (Lipinski definition) is 3. The highest BCUT2D eigenvalue weighted by Crippen LogP contribution is 2.17. The number of piperidine rings is 1. The van der Waals surface area contributed by atoms with Gasteiger partial charge in [-0.05, 0) is 24.8 Å². The number of halogens is 1. The van der Waals surface area contributed by atoms with E-state index in [-0.39, 0.29) is 42.2 Å². The minimum atomic E-state index is -0.106. The maximum Gasteiger partial charge on any atom is 0.239 e. The summed E-state index contributed by atoms with van der Waals surface area (Å²) in [5.41, 5.74) is -0.0478. The molecule has 0 radical (unpaired) electrons. The van der Waals surface area contributed by atoms with E-state index in [0.29, 0.717) is 6.42 Å². The Hall–Kier alpha value is -0.810. The van der Waals surface area contributed by atoms with Gasteiger partial charge in [0.25, 0.3) is 0 Å². The molecule has 1 heterocycles. The van der Waals surface area contributed by atoms with Gasteiger partial charge in [0.1, 0.15) is 0 Å². The molecule has 3 N–H and O–H groups in total. The lowest BCUT2D eigenvalue weighted by atomic mass is 9.92. The first-order valence-electron chi connectivity index (χ1n) is 6.63. The maximum absolute atomic E-state index is 11.6. The third-order valence-corrected chi connectivity index (χ3v) is 2.80. The standard InChI is InChI=1S/C13H25N3O2.ClH/c1-13(2,3)7-11(17)15-9-12(18)16-10-5-4-6-14-8-10;/h10,14H,4-9H2,1-3H3,(H,15,17)(H,16,18);1H. The molecule has 5 nitrogen and oxygen atoms in total. The molecule has 0 aliphatic carbocycles. The first kappa shape index (κ1) is 18.2. The van der Waals surface area contributed by atoms with Crippen LogP contribution in [0.1, 0.15) is 40.0 Å². The summed E-state index contributed by atoms with van der Waals surface area (Å²) in [5, 5.41) is 8.81. The van der Waals surface area contributed by atoms with Crippen LogP contribution in [0.25, 0.3) is 0 Å². The minimum absolute atomic E-state index is 0. The molecule has 1 unspecified atom stereocenters. The van der Waals surface area contributed by atoms with E-state index in [0.717, 1.165) is 25.9 Å². The minimum Gasteiger partial charge on any atom is -0.351 e. The quantitative estimate of drug-likeness (QED) is 0.718. The number of carbonyl (C=O) groups is 2. The van der Waals surface area contributed by atoms with Gasteiger partial charge in [0, 0.05) is 19.0 Å². The van der Waals surface area contributed by atoms with Crippen molar-refractivity contribution < 1.29 is 9.59 Å². The molecule has 0 aromatic carbocycles. The summed E-state index contributed by atoms with van der Waals surface area (Å²) in [7, 11) is 0. The van der Waals surface area contributed by atoms with Gasteiger partial charge in [-0.3, -0.25) is 9.59 Å². The lowest BCUT2D eigenvalue weighted by Gasteiger charge is -2.24. The number of hydrogen-bond donors (Lipinski definition) is 3. The SMILES string of the molecule is CC(C)(C)CC(=O)NCC(=O)NC1CCCNC1.Cl. The fourth-order valence-electron chi connectivity index (χ4n) is 1.98. The third-order valence-electron chi connectivity index (χ3n) is 2.80. The fourth-order valence-corrected chi connectivity index (χ4v) is 1.98. The molecule has 2 amide bonds. The molecule has 6 heteroatoms. The van der Waals surface area contributed by atoms with Crippen LogP contribution >= 0.6 is 12.4 Å². The van der Waals surface area contributed by atoms with E-state index in [2.05, 4.69) is 16.0 Å². The summed E-state index contributed by atoms with van der Waals surface area (Å²) >= 11 is 0. The molecular formula is C13H26ClN3O2. The molecule has 1 fully saturated rings. The summed E-state index contributed by atoms with van der Waals surface area (Å²) in [6.45, 7) is 7.92. The average molecular weight is 292 g/mol. The summed E-state index contributed by atoms with van der Waals surface area (Å²) < 4.78 is 0. The van der Waals surface area contributed by atoms with Crippen molar-refractivity contribution in [1.29, 1.82) is 0 Å². The van der Waals surface area contributed by atoms with Crippen LogP contribution in [-0.4, -0.2) is 37.5 Å². The van der Waals surface area contributed by atoms with Crippen LogP contribution in [0.4, 0.5) is 0 Å². The summed E-state index contributed by atoms with van der Waals surface area (Å²) in [6, 6.07) is 0.200. The highest BCUT2D eigenvalue weighted by atomic mass is 35.5. The van der Waals surface area contributed by atoms with Crippen LogP contribution in [0.2, 0.25) is 0 Å². The Kier molecular flexibility index (Phi) is 8.02. The first-order chi connectivity index (χ1) is 8.37. The molecule has 1 aliphatic heterocycles. The Morgan fingerprint density at radius 2 is 1.95 bits per heavy atom. The first-order valence-corrected chi connectivity index (χ1v) is 6.63. The van der Waals surface area contributed by atoms with Crippen LogP contribution in [0.15, 0.2) is 0 Å². The highest BCUT2D eigenvalue weighted by molar-refractivity contribution is 5.85.